The van der Waals surface area contributed by atoms with Gasteiger partial charge in [-0.25, -0.2) is 0 Å². The van der Waals surface area contributed by atoms with E-state index in [4.69, 9.17) is 0 Å². The van der Waals surface area contributed by atoms with Crippen molar-refractivity contribution in [2.75, 3.05) is 0 Å². The Morgan fingerprint density at radius 3 is 2.33 bits per heavy atom. The van der Waals surface area contributed by atoms with Crippen LogP contribution >= 0.6 is 15.9 Å². The Bertz CT molecular complexity index is 522. The summed E-state index contributed by atoms with van der Waals surface area (Å²) in [4.78, 5) is 0. The smallest absolute Gasteiger partial charge is 0.141 e. The van der Waals surface area contributed by atoms with E-state index in [9.17, 15) is 15.3 Å². The molecule has 0 bridgehead atoms. The third kappa shape index (κ3) is 3.48. The van der Waals surface area contributed by atoms with Crippen LogP contribution in [0.5, 0.6) is 11.5 Å². The maximum absolute atomic E-state index is 9.65. The zero-order valence-electron chi connectivity index (χ0n) is 9.55. The molecule has 2 rings (SSSR count). The Labute approximate surface area is 114 Å². The Morgan fingerprint density at radius 2 is 1.78 bits per heavy atom. The molecular weight excluding hydrogens is 296 g/mol. The van der Waals surface area contributed by atoms with Crippen molar-refractivity contribution in [3.8, 4) is 11.5 Å². The van der Waals surface area contributed by atoms with Crippen LogP contribution in [0.15, 0.2) is 48.1 Å². The second kappa shape index (κ2) is 5.00. The first-order valence-electron chi connectivity index (χ1n) is 5.46. The third-order valence-electron chi connectivity index (χ3n) is 2.55. The van der Waals surface area contributed by atoms with Crippen LogP contribution in [-0.2, 0) is 0 Å². The second-order valence-corrected chi connectivity index (χ2v) is 5.55. The average Bonchev–Trinajstić information content (AvgIpc) is 2.26. The maximum Gasteiger partial charge on any atom is 0.141 e. The summed E-state index contributed by atoms with van der Waals surface area (Å²) in [6.45, 7) is 0. The zero-order chi connectivity index (χ0) is 13.2. The largest absolute Gasteiger partial charge is 0.508 e. The number of aromatic hydroxyl groups is 2. The van der Waals surface area contributed by atoms with Crippen molar-refractivity contribution in [1.29, 1.82) is 0 Å². The van der Waals surface area contributed by atoms with Crippen molar-refractivity contribution in [2.24, 2.45) is 0 Å². The number of benzene rings is 1. The summed E-state index contributed by atoms with van der Waals surface area (Å²) < 4.78 is -0.951. The van der Waals surface area contributed by atoms with Crippen molar-refractivity contribution >= 4 is 22.0 Å². The van der Waals surface area contributed by atoms with E-state index in [1.165, 1.54) is 6.07 Å². The average molecular weight is 309 g/mol. The third-order valence-corrected chi connectivity index (χ3v) is 3.14. The van der Waals surface area contributed by atoms with Crippen LogP contribution in [0.25, 0.3) is 6.08 Å². The molecule has 0 spiro atoms. The number of phenolic OH excluding ortho intramolecular Hbond substituents is 2. The molecule has 1 aliphatic carbocycles. The summed E-state index contributed by atoms with van der Waals surface area (Å²) in [6, 6.07) is 4.40. The lowest BCUT2D eigenvalue weighted by Crippen LogP contribution is -2.16. The van der Waals surface area contributed by atoms with Gasteiger partial charge in [0.25, 0.3) is 0 Å². The standard InChI is InChI=1S/C14H13BrO3/c15-14(18)5-3-10(4-6-14)1-2-11-7-12(16)9-13(17)8-11/h1-5,7-9,16-18H,6H2/b2-1+. The van der Waals surface area contributed by atoms with Crippen LogP contribution in [-0.4, -0.2) is 19.8 Å². The lowest BCUT2D eigenvalue weighted by atomic mass is 10.0. The molecule has 4 heteroatoms. The number of alkyl halides is 1. The van der Waals surface area contributed by atoms with E-state index in [1.54, 1.807) is 30.4 Å². The highest BCUT2D eigenvalue weighted by atomic mass is 79.9. The minimum atomic E-state index is -0.951. The first-order valence-corrected chi connectivity index (χ1v) is 6.26. The van der Waals surface area contributed by atoms with Crippen LogP contribution in [0.1, 0.15) is 12.0 Å². The highest BCUT2D eigenvalue weighted by Crippen LogP contribution is 2.27. The van der Waals surface area contributed by atoms with Gasteiger partial charge >= 0.3 is 0 Å². The number of phenols is 2. The molecule has 0 heterocycles. The van der Waals surface area contributed by atoms with E-state index in [0.717, 1.165) is 5.57 Å². The molecule has 3 N–H and O–H groups in total. The summed E-state index contributed by atoms with van der Waals surface area (Å²) >= 11 is 3.17. The fourth-order valence-electron chi connectivity index (χ4n) is 1.65. The first-order chi connectivity index (χ1) is 8.44. The van der Waals surface area contributed by atoms with Gasteiger partial charge in [0.2, 0.25) is 0 Å². The Hall–Kier alpha value is -1.52. The molecule has 0 aliphatic heterocycles. The van der Waals surface area contributed by atoms with Gasteiger partial charge in [-0.2, -0.15) is 0 Å². The van der Waals surface area contributed by atoms with Crippen LogP contribution in [0.2, 0.25) is 0 Å². The topological polar surface area (TPSA) is 60.7 Å². The summed E-state index contributed by atoms with van der Waals surface area (Å²) in [5.41, 5.74) is 1.67. The maximum atomic E-state index is 9.65. The van der Waals surface area contributed by atoms with E-state index >= 15 is 0 Å². The van der Waals surface area contributed by atoms with Gasteiger partial charge < -0.3 is 15.3 Å². The van der Waals surface area contributed by atoms with Crippen LogP contribution < -0.4 is 0 Å². The Balaban J connectivity index is 2.13. The normalized spacial score (nSPS) is 23.3. The molecule has 1 aromatic carbocycles. The zero-order valence-corrected chi connectivity index (χ0v) is 11.1. The minimum absolute atomic E-state index is 0.0256. The molecule has 0 fully saturated rings. The molecule has 1 unspecified atom stereocenters. The monoisotopic (exact) mass is 308 g/mol. The number of aliphatic hydroxyl groups is 1. The van der Waals surface area contributed by atoms with E-state index in [2.05, 4.69) is 15.9 Å². The minimum Gasteiger partial charge on any atom is -0.508 e. The molecular formula is C14H13BrO3. The van der Waals surface area contributed by atoms with E-state index in [1.807, 2.05) is 12.2 Å². The number of hydrogen-bond donors (Lipinski definition) is 3. The van der Waals surface area contributed by atoms with Crippen molar-refractivity contribution in [2.45, 2.75) is 10.9 Å². The van der Waals surface area contributed by atoms with Gasteiger partial charge in [-0.15, -0.1) is 0 Å². The van der Waals surface area contributed by atoms with Crippen LogP contribution in [0.4, 0.5) is 0 Å². The molecule has 1 aliphatic rings. The first kappa shape index (κ1) is 12.9. The van der Waals surface area contributed by atoms with Gasteiger partial charge in [0.15, 0.2) is 0 Å². The quantitative estimate of drug-likeness (QED) is 0.736. The van der Waals surface area contributed by atoms with Crippen molar-refractivity contribution in [3.63, 3.8) is 0 Å². The van der Waals surface area contributed by atoms with Gasteiger partial charge in [0.1, 0.15) is 16.0 Å². The number of allylic oxidation sites excluding steroid dienone is 3. The molecule has 0 radical (unpaired) electrons. The fraction of sp³-hybridized carbons (Fsp3) is 0.143. The molecule has 3 nitrogen and oxygen atoms in total. The summed E-state index contributed by atoms with van der Waals surface area (Å²) in [6.07, 6.45) is 9.51. The number of halogens is 1. The lowest BCUT2D eigenvalue weighted by molar-refractivity contribution is 0.197. The predicted octanol–water partition coefficient (Wildman–Crippen LogP) is 3.08. The van der Waals surface area contributed by atoms with Gasteiger partial charge in [-0.1, -0.05) is 24.3 Å². The van der Waals surface area contributed by atoms with Gasteiger partial charge in [-0.05, 0) is 45.3 Å². The van der Waals surface area contributed by atoms with Crippen molar-refractivity contribution < 1.29 is 15.3 Å². The summed E-state index contributed by atoms with van der Waals surface area (Å²) in [5.74, 6) is 0.0512. The Morgan fingerprint density at radius 1 is 1.11 bits per heavy atom. The molecule has 1 aromatic rings. The molecule has 1 atom stereocenters. The molecule has 0 aromatic heterocycles. The summed E-state index contributed by atoms with van der Waals surface area (Å²) in [7, 11) is 0. The van der Waals surface area contributed by atoms with Crippen molar-refractivity contribution in [1.82, 2.24) is 0 Å². The van der Waals surface area contributed by atoms with Gasteiger partial charge in [0, 0.05) is 12.5 Å². The van der Waals surface area contributed by atoms with E-state index in [0.29, 0.717) is 12.0 Å². The lowest BCUT2D eigenvalue weighted by Gasteiger charge is -2.18. The molecule has 94 valence electrons. The number of rotatable bonds is 2. The van der Waals surface area contributed by atoms with Gasteiger partial charge in [0.05, 0.1) is 0 Å². The highest BCUT2D eigenvalue weighted by Gasteiger charge is 2.19. The Kier molecular flexibility index (Phi) is 3.59. The highest BCUT2D eigenvalue weighted by molar-refractivity contribution is 9.10. The fourth-order valence-corrected chi connectivity index (χ4v) is 1.95. The van der Waals surface area contributed by atoms with Gasteiger partial charge in [-0.3, -0.25) is 0 Å². The SMILES string of the molecule is Oc1cc(O)cc(/C=C/C2=CCC(O)(Br)C=C2)c1. The molecule has 18 heavy (non-hydrogen) atoms. The number of hydrogen-bond acceptors (Lipinski definition) is 3. The molecule has 0 saturated carbocycles. The van der Waals surface area contributed by atoms with Crippen LogP contribution in [0.3, 0.4) is 0 Å². The summed E-state index contributed by atoms with van der Waals surface area (Å²) in [5, 5.41) is 28.3. The predicted molar refractivity (Wildman–Crippen MR) is 74.5 cm³/mol. The second-order valence-electron chi connectivity index (χ2n) is 4.18. The van der Waals surface area contributed by atoms with E-state index < -0.39 is 4.51 Å². The van der Waals surface area contributed by atoms with Crippen molar-refractivity contribution in [3.05, 3.63) is 53.6 Å². The van der Waals surface area contributed by atoms with Crippen LogP contribution in [0, 0.1) is 0 Å². The van der Waals surface area contributed by atoms with E-state index in [-0.39, 0.29) is 11.5 Å². The molecule has 0 saturated heterocycles. The molecule has 0 amide bonds.